The lowest BCUT2D eigenvalue weighted by Crippen LogP contribution is -2.21. The number of hydrogen-bond donors (Lipinski definition) is 0. The van der Waals surface area contributed by atoms with Crippen molar-refractivity contribution in [3.8, 4) is 11.8 Å². The number of pyridine rings is 1. The van der Waals surface area contributed by atoms with E-state index in [-0.39, 0.29) is 12.2 Å². The van der Waals surface area contributed by atoms with Crippen LogP contribution in [-0.2, 0) is 9.47 Å². The largest absolute Gasteiger partial charge is 0.495 e. The molecule has 0 aliphatic rings. The van der Waals surface area contributed by atoms with Crippen molar-refractivity contribution in [2.45, 2.75) is 64.6 Å². The molecule has 0 aliphatic carbocycles. The summed E-state index contributed by atoms with van der Waals surface area (Å²) < 4.78 is 22.5. The zero-order valence-electron chi connectivity index (χ0n) is 16.2. The minimum absolute atomic E-state index is 0.0155. The summed E-state index contributed by atoms with van der Waals surface area (Å²) in [6.45, 7) is 12.4. The van der Waals surface area contributed by atoms with E-state index in [1.807, 2.05) is 18.2 Å². The summed E-state index contributed by atoms with van der Waals surface area (Å²) >= 11 is 0. The zero-order valence-corrected chi connectivity index (χ0v) is 16.2. The molecule has 1 aromatic rings. The van der Waals surface area contributed by atoms with E-state index < -0.39 is 0 Å². The standard InChI is InChI=1S/C21H33NO4/c1-5-9-12-18(23-7-3)16-25-20-14-11-15-21(22-20)26-17-19(24-8-4)13-10-6-2/h7-8,11,14-15,18-19H,3-6,9-10,12-13,16-17H2,1-2H3. The molecule has 0 aliphatic heterocycles. The predicted molar refractivity (Wildman–Crippen MR) is 104 cm³/mol. The van der Waals surface area contributed by atoms with Gasteiger partial charge in [0, 0.05) is 12.1 Å². The van der Waals surface area contributed by atoms with E-state index in [1.54, 1.807) is 0 Å². The van der Waals surface area contributed by atoms with E-state index >= 15 is 0 Å². The first kappa shape index (κ1) is 21.9. The molecule has 0 radical (unpaired) electrons. The molecule has 5 heteroatoms. The molecular weight excluding hydrogens is 330 g/mol. The van der Waals surface area contributed by atoms with Crippen molar-refractivity contribution in [1.82, 2.24) is 4.98 Å². The van der Waals surface area contributed by atoms with Crippen LogP contribution in [0.2, 0.25) is 0 Å². The third kappa shape index (κ3) is 9.35. The summed E-state index contributed by atoms with van der Waals surface area (Å²) in [7, 11) is 0. The molecule has 2 atom stereocenters. The summed E-state index contributed by atoms with van der Waals surface area (Å²) in [4.78, 5) is 4.39. The second-order valence-electron chi connectivity index (χ2n) is 6.07. The average Bonchev–Trinajstić information content (AvgIpc) is 2.66. The van der Waals surface area contributed by atoms with Gasteiger partial charge in [-0.2, -0.15) is 4.98 Å². The van der Waals surface area contributed by atoms with E-state index in [0.29, 0.717) is 25.0 Å². The Balaban J connectivity index is 2.52. The fraction of sp³-hybridized carbons (Fsp3) is 0.571. The molecule has 146 valence electrons. The summed E-state index contributed by atoms with van der Waals surface area (Å²) in [5.74, 6) is 1.04. The topological polar surface area (TPSA) is 49.8 Å². The third-order valence-corrected chi connectivity index (χ3v) is 3.87. The first-order valence-corrected chi connectivity index (χ1v) is 9.48. The molecule has 26 heavy (non-hydrogen) atoms. The molecule has 0 fully saturated rings. The molecular formula is C21H33NO4. The molecule has 0 spiro atoms. The minimum atomic E-state index is -0.0155. The van der Waals surface area contributed by atoms with Gasteiger partial charge in [-0.3, -0.25) is 0 Å². The van der Waals surface area contributed by atoms with Gasteiger partial charge in [0.2, 0.25) is 11.8 Å². The molecule has 0 bridgehead atoms. The Morgan fingerprint density at radius 3 is 1.73 bits per heavy atom. The Bertz CT molecular complexity index is 465. The van der Waals surface area contributed by atoms with Crippen molar-refractivity contribution in [3.63, 3.8) is 0 Å². The van der Waals surface area contributed by atoms with Crippen LogP contribution in [0, 0.1) is 0 Å². The number of rotatable bonds is 16. The van der Waals surface area contributed by atoms with Gasteiger partial charge in [0.15, 0.2) is 0 Å². The van der Waals surface area contributed by atoms with Gasteiger partial charge in [-0.05, 0) is 25.7 Å². The van der Waals surface area contributed by atoms with Crippen LogP contribution >= 0.6 is 0 Å². The molecule has 0 N–H and O–H groups in total. The van der Waals surface area contributed by atoms with Crippen LogP contribution in [0.15, 0.2) is 43.9 Å². The Kier molecular flexibility index (Phi) is 11.8. The molecule has 1 rings (SSSR count). The molecule has 2 unspecified atom stereocenters. The van der Waals surface area contributed by atoms with Gasteiger partial charge in [-0.25, -0.2) is 0 Å². The first-order chi connectivity index (χ1) is 12.7. The lowest BCUT2D eigenvalue weighted by atomic mass is 10.2. The van der Waals surface area contributed by atoms with Gasteiger partial charge in [0.05, 0.1) is 12.5 Å². The van der Waals surface area contributed by atoms with Crippen LogP contribution in [0.5, 0.6) is 11.8 Å². The molecule has 1 aromatic heterocycles. The van der Waals surface area contributed by atoms with Gasteiger partial charge >= 0.3 is 0 Å². The maximum absolute atomic E-state index is 5.77. The SMILES string of the molecule is C=COC(CCCC)COc1cccc(OCC(CCCC)OC=C)n1. The van der Waals surface area contributed by atoms with Crippen molar-refractivity contribution >= 4 is 0 Å². The van der Waals surface area contributed by atoms with E-state index in [2.05, 4.69) is 32.0 Å². The number of nitrogens with zero attached hydrogens (tertiary/aromatic N) is 1. The van der Waals surface area contributed by atoms with Crippen molar-refractivity contribution < 1.29 is 18.9 Å². The molecule has 0 aromatic carbocycles. The highest BCUT2D eigenvalue weighted by atomic mass is 16.5. The summed E-state index contributed by atoms with van der Waals surface area (Å²) in [5, 5.41) is 0. The molecule has 0 saturated carbocycles. The van der Waals surface area contributed by atoms with E-state index in [1.165, 1.54) is 12.5 Å². The third-order valence-electron chi connectivity index (χ3n) is 3.87. The second-order valence-corrected chi connectivity index (χ2v) is 6.07. The molecule has 5 nitrogen and oxygen atoms in total. The highest BCUT2D eigenvalue weighted by Crippen LogP contribution is 2.16. The van der Waals surface area contributed by atoms with Crippen LogP contribution in [0.4, 0.5) is 0 Å². The average molecular weight is 363 g/mol. The highest BCUT2D eigenvalue weighted by Gasteiger charge is 2.12. The lowest BCUT2D eigenvalue weighted by molar-refractivity contribution is 0.0732. The fourth-order valence-electron chi connectivity index (χ4n) is 2.43. The van der Waals surface area contributed by atoms with Crippen molar-refractivity contribution in [2.24, 2.45) is 0 Å². The number of hydrogen-bond acceptors (Lipinski definition) is 5. The second kappa shape index (κ2) is 14.0. The monoisotopic (exact) mass is 363 g/mol. The van der Waals surface area contributed by atoms with Crippen LogP contribution < -0.4 is 9.47 Å². The number of aromatic nitrogens is 1. The van der Waals surface area contributed by atoms with Gasteiger partial charge in [0.1, 0.15) is 25.4 Å². The quantitative estimate of drug-likeness (QED) is 0.374. The predicted octanol–water partition coefficient (Wildman–Crippen LogP) is 5.28. The van der Waals surface area contributed by atoms with Gasteiger partial charge < -0.3 is 18.9 Å². The van der Waals surface area contributed by atoms with E-state index in [9.17, 15) is 0 Å². The molecule has 0 amide bonds. The van der Waals surface area contributed by atoms with Crippen LogP contribution in [0.1, 0.15) is 52.4 Å². The Morgan fingerprint density at radius 1 is 0.885 bits per heavy atom. The Morgan fingerprint density at radius 2 is 1.35 bits per heavy atom. The first-order valence-electron chi connectivity index (χ1n) is 9.48. The van der Waals surface area contributed by atoms with Crippen molar-refractivity contribution in [3.05, 3.63) is 43.9 Å². The van der Waals surface area contributed by atoms with Gasteiger partial charge in [-0.1, -0.05) is 45.9 Å². The van der Waals surface area contributed by atoms with E-state index in [4.69, 9.17) is 18.9 Å². The van der Waals surface area contributed by atoms with Crippen molar-refractivity contribution in [2.75, 3.05) is 13.2 Å². The Labute approximate surface area is 158 Å². The maximum atomic E-state index is 5.77. The van der Waals surface area contributed by atoms with Crippen LogP contribution in [-0.4, -0.2) is 30.4 Å². The Hall–Kier alpha value is -2.17. The molecule has 1 heterocycles. The zero-order chi connectivity index (χ0) is 19.0. The summed E-state index contributed by atoms with van der Waals surface area (Å²) in [5.41, 5.74) is 0. The number of ether oxygens (including phenoxy) is 4. The summed E-state index contributed by atoms with van der Waals surface area (Å²) in [6, 6.07) is 5.49. The number of unbranched alkanes of at least 4 members (excludes halogenated alkanes) is 2. The van der Waals surface area contributed by atoms with Crippen LogP contribution in [0.3, 0.4) is 0 Å². The van der Waals surface area contributed by atoms with Crippen LogP contribution in [0.25, 0.3) is 0 Å². The van der Waals surface area contributed by atoms with Crippen molar-refractivity contribution in [1.29, 1.82) is 0 Å². The minimum Gasteiger partial charge on any atom is -0.495 e. The van der Waals surface area contributed by atoms with E-state index in [0.717, 1.165) is 38.5 Å². The summed E-state index contributed by atoms with van der Waals surface area (Å²) in [6.07, 6.45) is 9.15. The molecule has 0 saturated heterocycles. The highest BCUT2D eigenvalue weighted by molar-refractivity contribution is 5.19. The maximum Gasteiger partial charge on any atom is 0.216 e. The fourth-order valence-corrected chi connectivity index (χ4v) is 2.43. The lowest BCUT2D eigenvalue weighted by Gasteiger charge is -2.18. The van der Waals surface area contributed by atoms with Gasteiger partial charge in [0.25, 0.3) is 0 Å². The smallest absolute Gasteiger partial charge is 0.216 e. The normalized spacial score (nSPS) is 12.7. The van der Waals surface area contributed by atoms with Gasteiger partial charge in [-0.15, -0.1) is 0 Å².